The first-order valence-electron chi connectivity index (χ1n) is 5.75. The topological polar surface area (TPSA) is 63.8 Å². The average molecular weight is 250 g/mol. The van der Waals surface area contributed by atoms with Crippen molar-refractivity contribution in [2.24, 2.45) is 7.05 Å². The van der Waals surface area contributed by atoms with Crippen LogP contribution in [0.2, 0.25) is 0 Å². The van der Waals surface area contributed by atoms with Gasteiger partial charge in [0.1, 0.15) is 5.82 Å². The first-order chi connectivity index (χ1) is 8.55. The molecular weight excluding hydrogens is 235 g/mol. The summed E-state index contributed by atoms with van der Waals surface area (Å²) in [6.07, 6.45) is 0.504. The molecule has 0 radical (unpaired) electrons. The van der Waals surface area contributed by atoms with E-state index in [4.69, 9.17) is 0 Å². The molecule has 6 heteroatoms. The molecule has 18 heavy (non-hydrogen) atoms. The Morgan fingerprint density at radius 3 is 2.67 bits per heavy atom. The lowest BCUT2D eigenvalue weighted by atomic mass is 9.87. The lowest BCUT2D eigenvalue weighted by Crippen LogP contribution is -2.29. The van der Waals surface area contributed by atoms with Gasteiger partial charge in [-0.3, -0.25) is 0 Å². The molecule has 1 aromatic carbocycles. The second-order valence-corrected chi connectivity index (χ2v) is 4.24. The zero-order valence-corrected chi connectivity index (χ0v) is 10.3. The summed E-state index contributed by atoms with van der Waals surface area (Å²) >= 11 is 0. The molecular formula is C12H15FN4O. The van der Waals surface area contributed by atoms with Crippen molar-refractivity contribution in [3.05, 3.63) is 41.5 Å². The van der Waals surface area contributed by atoms with Crippen LogP contribution in [0.15, 0.2) is 24.3 Å². The van der Waals surface area contributed by atoms with E-state index >= 15 is 0 Å². The van der Waals surface area contributed by atoms with Gasteiger partial charge in [0.2, 0.25) is 0 Å². The van der Waals surface area contributed by atoms with Gasteiger partial charge in [-0.2, -0.15) is 4.80 Å². The Morgan fingerprint density at radius 1 is 1.39 bits per heavy atom. The fourth-order valence-corrected chi connectivity index (χ4v) is 1.90. The lowest BCUT2D eigenvalue weighted by Gasteiger charge is -2.26. The minimum absolute atomic E-state index is 0.137. The fourth-order valence-electron chi connectivity index (χ4n) is 1.90. The van der Waals surface area contributed by atoms with Crippen molar-refractivity contribution in [2.75, 3.05) is 0 Å². The average Bonchev–Trinajstić information content (AvgIpc) is 2.75. The van der Waals surface area contributed by atoms with Crippen LogP contribution in [0.4, 0.5) is 4.39 Å². The first-order valence-corrected chi connectivity index (χ1v) is 5.75. The van der Waals surface area contributed by atoms with Crippen LogP contribution in [0.5, 0.6) is 0 Å². The highest BCUT2D eigenvalue weighted by Gasteiger charge is 2.32. The van der Waals surface area contributed by atoms with Crippen LogP contribution >= 0.6 is 0 Å². The molecule has 0 saturated heterocycles. The smallest absolute Gasteiger partial charge is 0.178 e. The van der Waals surface area contributed by atoms with E-state index in [0.29, 0.717) is 12.2 Å². The van der Waals surface area contributed by atoms with Crippen molar-refractivity contribution in [2.45, 2.75) is 25.4 Å². The number of tetrazole rings is 1. The van der Waals surface area contributed by atoms with Crippen molar-refractivity contribution < 1.29 is 9.50 Å². The molecule has 1 unspecified atom stereocenters. The van der Waals surface area contributed by atoms with E-state index < -0.39 is 11.4 Å². The zero-order chi connectivity index (χ0) is 13.2. The molecule has 0 aliphatic carbocycles. The maximum atomic E-state index is 13.8. The van der Waals surface area contributed by atoms with Crippen LogP contribution in [0, 0.1) is 5.82 Å². The quantitative estimate of drug-likeness (QED) is 0.885. The molecule has 0 spiro atoms. The van der Waals surface area contributed by atoms with Crippen molar-refractivity contribution in [1.29, 1.82) is 0 Å². The summed E-state index contributed by atoms with van der Waals surface area (Å²) in [5.74, 6) is -0.0316. The molecule has 1 atom stereocenters. The zero-order valence-electron chi connectivity index (χ0n) is 10.3. The number of hydrogen-bond acceptors (Lipinski definition) is 4. The molecule has 1 N–H and O–H groups in total. The molecule has 2 aromatic rings. The predicted octanol–water partition coefficient (Wildman–Crippen LogP) is 1.19. The first kappa shape index (κ1) is 12.6. The van der Waals surface area contributed by atoms with Crippen LogP contribution < -0.4 is 0 Å². The second-order valence-electron chi connectivity index (χ2n) is 4.24. The van der Waals surface area contributed by atoms with Gasteiger partial charge in [0.15, 0.2) is 5.82 Å². The summed E-state index contributed by atoms with van der Waals surface area (Å²) in [6, 6.07) is 6.20. The summed E-state index contributed by atoms with van der Waals surface area (Å²) in [6.45, 7) is 1.79. The number of aryl methyl sites for hydroxylation is 1. The van der Waals surface area contributed by atoms with Crippen LogP contribution in [0.25, 0.3) is 0 Å². The molecule has 0 saturated carbocycles. The summed E-state index contributed by atoms with van der Waals surface area (Å²) in [4.78, 5) is 1.31. The highest BCUT2D eigenvalue weighted by Crippen LogP contribution is 2.29. The highest BCUT2D eigenvalue weighted by molar-refractivity contribution is 5.25. The number of benzene rings is 1. The van der Waals surface area contributed by atoms with Crippen molar-refractivity contribution in [1.82, 2.24) is 20.2 Å². The van der Waals surface area contributed by atoms with E-state index in [1.54, 1.807) is 32.2 Å². The molecule has 0 aliphatic rings. The van der Waals surface area contributed by atoms with Gasteiger partial charge >= 0.3 is 0 Å². The Morgan fingerprint density at radius 2 is 2.11 bits per heavy atom. The third-order valence-corrected chi connectivity index (χ3v) is 2.96. The van der Waals surface area contributed by atoms with Crippen LogP contribution in [-0.2, 0) is 19.1 Å². The standard InChI is InChI=1S/C12H15FN4O/c1-3-12(18,8-11-14-16-17(2)15-11)9-6-4-5-7-10(9)13/h4-7,18H,3,8H2,1-2H3. The molecule has 0 amide bonds. The Kier molecular flexibility index (Phi) is 3.38. The van der Waals surface area contributed by atoms with E-state index in [-0.39, 0.29) is 12.0 Å². The third kappa shape index (κ3) is 2.38. The fraction of sp³-hybridized carbons (Fsp3) is 0.417. The van der Waals surface area contributed by atoms with E-state index in [2.05, 4.69) is 15.4 Å². The summed E-state index contributed by atoms with van der Waals surface area (Å²) in [5.41, 5.74) is -1.05. The van der Waals surface area contributed by atoms with Crippen LogP contribution in [0.3, 0.4) is 0 Å². The van der Waals surface area contributed by atoms with Crippen molar-refractivity contribution in [3.8, 4) is 0 Å². The molecule has 0 bridgehead atoms. The maximum absolute atomic E-state index is 13.8. The Hall–Kier alpha value is -1.82. The van der Waals surface area contributed by atoms with Crippen LogP contribution in [-0.4, -0.2) is 25.3 Å². The minimum Gasteiger partial charge on any atom is -0.385 e. The number of rotatable bonds is 4. The van der Waals surface area contributed by atoms with E-state index in [1.165, 1.54) is 10.9 Å². The molecule has 2 rings (SSSR count). The summed E-state index contributed by atoms with van der Waals surface area (Å²) < 4.78 is 13.8. The number of aliphatic hydroxyl groups is 1. The number of aromatic nitrogens is 4. The van der Waals surface area contributed by atoms with Gasteiger partial charge in [0.05, 0.1) is 12.6 Å². The number of hydrogen-bond donors (Lipinski definition) is 1. The normalized spacial score (nSPS) is 14.4. The molecule has 96 valence electrons. The van der Waals surface area contributed by atoms with E-state index in [9.17, 15) is 9.50 Å². The molecule has 0 aliphatic heterocycles. The monoisotopic (exact) mass is 250 g/mol. The third-order valence-electron chi connectivity index (χ3n) is 2.96. The van der Waals surface area contributed by atoms with E-state index in [0.717, 1.165) is 0 Å². The predicted molar refractivity (Wildman–Crippen MR) is 63.1 cm³/mol. The molecule has 1 aromatic heterocycles. The SMILES string of the molecule is CCC(O)(Cc1nnn(C)n1)c1ccccc1F. The van der Waals surface area contributed by atoms with Crippen LogP contribution in [0.1, 0.15) is 24.7 Å². The number of halogens is 1. The van der Waals surface area contributed by atoms with E-state index in [1.807, 2.05) is 0 Å². The Balaban J connectivity index is 2.33. The molecule has 0 fully saturated rings. The lowest BCUT2D eigenvalue weighted by molar-refractivity contribution is 0.0271. The van der Waals surface area contributed by atoms with Gasteiger partial charge in [0.25, 0.3) is 0 Å². The Bertz CT molecular complexity index is 542. The molecule has 5 nitrogen and oxygen atoms in total. The summed E-state index contributed by atoms with van der Waals surface area (Å²) in [5, 5.41) is 22.1. The summed E-state index contributed by atoms with van der Waals surface area (Å²) in [7, 11) is 1.64. The maximum Gasteiger partial charge on any atom is 0.178 e. The second kappa shape index (κ2) is 4.81. The largest absolute Gasteiger partial charge is 0.385 e. The van der Waals surface area contributed by atoms with Gasteiger partial charge in [-0.1, -0.05) is 25.1 Å². The van der Waals surface area contributed by atoms with Gasteiger partial charge in [-0.05, 0) is 17.7 Å². The molecule has 1 heterocycles. The van der Waals surface area contributed by atoms with Gasteiger partial charge in [-0.15, -0.1) is 10.2 Å². The van der Waals surface area contributed by atoms with Gasteiger partial charge in [0, 0.05) is 12.0 Å². The highest BCUT2D eigenvalue weighted by atomic mass is 19.1. The minimum atomic E-state index is -1.31. The van der Waals surface area contributed by atoms with Gasteiger partial charge in [-0.25, -0.2) is 4.39 Å². The van der Waals surface area contributed by atoms with Gasteiger partial charge < -0.3 is 5.11 Å². The Labute approximate surface area is 104 Å². The van der Waals surface area contributed by atoms with Crippen molar-refractivity contribution in [3.63, 3.8) is 0 Å². The van der Waals surface area contributed by atoms with Crippen molar-refractivity contribution >= 4 is 0 Å². The number of nitrogens with zero attached hydrogens (tertiary/aromatic N) is 4.